The van der Waals surface area contributed by atoms with Crippen LogP contribution in [0.15, 0.2) is 30.3 Å². The first-order valence-electron chi connectivity index (χ1n) is 10.1. The van der Waals surface area contributed by atoms with Crippen LogP contribution in [0, 0.1) is 0 Å². The van der Waals surface area contributed by atoms with Crippen LogP contribution in [0.5, 0.6) is 0 Å². The number of hydrogen-bond acceptors (Lipinski definition) is 4. The summed E-state index contributed by atoms with van der Waals surface area (Å²) >= 11 is 0. The molecule has 1 rings (SSSR count). The molecular formula is C21H39NO4S. The smallest absolute Gasteiger partial charge is 0.264 e. The van der Waals surface area contributed by atoms with Crippen LogP contribution in [0.2, 0.25) is 0 Å². The van der Waals surface area contributed by atoms with E-state index < -0.39 is 10.1 Å². The summed E-state index contributed by atoms with van der Waals surface area (Å²) in [5.74, 6) is -0.132. The second-order valence-corrected chi connectivity index (χ2v) is 8.84. The molecule has 27 heavy (non-hydrogen) atoms. The molecule has 0 saturated heterocycles. The van der Waals surface area contributed by atoms with Crippen LogP contribution in [0.1, 0.15) is 76.8 Å². The highest BCUT2D eigenvalue weighted by Gasteiger charge is 2.18. The summed E-state index contributed by atoms with van der Waals surface area (Å²) in [6.07, 6.45) is 8.34. The molecule has 0 aliphatic heterocycles. The van der Waals surface area contributed by atoms with Crippen LogP contribution in [0.4, 0.5) is 0 Å². The summed E-state index contributed by atoms with van der Waals surface area (Å²) in [4.78, 5) is 2.20. The van der Waals surface area contributed by atoms with Gasteiger partial charge in [0.05, 0.1) is 11.9 Å². The van der Waals surface area contributed by atoms with Crippen molar-refractivity contribution in [2.24, 2.45) is 0 Å². The third kappa shape index (κ3) is 14.7. The van der Waals surface area contributed by atoms with Gasteiger partial charge in [0.15, 0.2) is 0 Å². The van der Waals surface area contributed by atoms with Crippen molar-refractivity contribution in [3.63, 3.8) is 0 Å². The fourth-order valence-corrected chi connectivity index (χ4v) is 3.45. The first-order chi connectivity index (χ1) is 12.7. The lowest BCUT2D eigenvalue weighted by atomic mass is 9.97. The van der Waals surface area contributed by atoms with E-state index in [-0.39, 0.29) is 11.9 Å². The molecule has 0 heterocycles. The van der Waals surface area contributed by atoms with E-state index in [4.69, 9.17) is 4.55 Å². The Hall–Kier alpha value is -0.950. The second kappa shape index (κ2) is 15.0. The van der Waals surface area contributed by atoms with Crippen molar-refractivity contribution < 1.29 is 18.1 Å². The van der Waals surface area contributed by atoms with Crippen molar-refractivity contribution in [1.82, 2.24) is 4.90 Å². The largest absolute Gasteiger partial charge is 0.393 e. The Morgan fingerprint density at radius 2 is 1.56 bits per heavy atom. The molecule has 0 aliphatic rings. The Morgan fingerprint density at radius 1 is 0.963 bits per heavy atom. The van der Waals surface area contributed by atoms with Crippen molar-refractivity contribution in [2.75, 3.05) is 19.8 Å². The van der Waals surface area contributed by atoms with Crippen molar-refractivity contribution in [2.45, 2.75) is 77.4 Å². The predicted molar refractivity (Wildman–Crippen MR) is 114 cm³/mol. The van der Waals surface area contributed by atoms with Gasteiger partial charge in [0.2, 0.25) is 0 Å². The maximum atomic E-state index is 10.3. The molecule has 0 spiro atoms. The molecule has 0 aromatic heterocycles. The Kier molecular flexibility index (Phi) is 14.5. The average Bonchev–Trinajstić information content (AvgIpc) is 2.59. The van der Waals surface area contributed by atoms with Gasteiger partial charge in [-0.15, -0.1) is 0 Å². The summed E-state index contributed by atoms with van der Waals surface area (Å²) in [6, 6.07) is 10.8. The molecular weight excluding hydrogens is 362 g/mol. The van der Waals surface area contributed by atoms with Crippen molar-refractivity contribution >= 4 is 10.1 Å². The lowest BCUT2D eigenvalue weighted by molar-refractivity contribution is 0.113. The minimum atomic E-state index is -3.67. The zero-order chi connectivity index (χ0) is 20.7. The molecule has 0 fully saturated rings. The number of aliphatic hydroxyl groups excluding tert-OH is 1. The molecule has 158 valence electrons. The first-order valence-corrected chi connectivity index (χ1v) is 11.7. The van der Waals surface area contributed by atoms with E-state index in [1.807, 2.05) is 6.07 Å². The molecule has 2 atom stereocenters. The van der Waals surface area contributed by atoms with Crippen LogP contribution in [-0.4, -0.2) is 48.9 Å². The van der Waals surface area contributed by atoms with Gasteiger partial charge in [-0.25, -0.2) is 0 Å². The highest BCUT2D eigenvalue weighted by atomic mass is 32.2. The van der Waals surface area contributed by atoms with Crippen molar-refractivity contribution in [3.8, 4) is 0 Å². The summed E-state index contributed by atoms with van der Waals surface area (Å²) in [6.45, 7) is 3.92. The number of unbranched alkanes of at least 4 members (excludes halogenated alkanes) is 4. The minimum Gasteiger partial charge on any atom is -0.393 e. The zero-order valence-corrected chi connectivity index (χ0v) is 18.3. The molecule has 1 aromatic rings. The van der Waals surface area contributed by atoms with Gasteiger partial charge in [0.1, 0.15) is 0 Å². The lowest BCUT2D eigenvalue weighted by Crippen LogP contribution is -2.24. The highest BCUT2D eigenvalue weighted by Crippen LogP contribution is 2.25. The second-order valence-electron chi connectivity index (χ2n) is 7.27. The fraction of sp³-hybridized carbons (Fsp3) is 0.714. The molecule has 2 N–H and O–H groups in total. The molecule has 1 aromatic carbocycles. The van der Waals surface area contributed by atoms with Crippen LogP contribution >= 0.6 is 0 Å². The van der Waals surface area contributed by atoms with E-state index in [1.54, 1.807) is 6.92 Å². The normalized spacial score (nSPS) is 13.7. The molecule has 0 saturated carbocycles. The molecule has 0 aliphatic carbocycles. The van der Waals surface area contributed by atoms with Crippen LogP contribution in [0.25, 0.3) is 0 Å². The van der Waals surface area contributed by atoms with E-state index in [0.717, 1.165) is 19.3 Å². The van der Waals surface area contributed by atoms with Gasteiger partial charge < -0.3 is 10.0 Å². The zero-order valence-electron chi connectivity index (χ0n) is 17.5. The number of nitrogens with zero attached hydrogens (tertiary/aromatic N) is 1. The predicted octanol–water partition coefficient (Wildman–Crippen LogP) is 4.69. The van der Waals surface area contributed by atoms with Crippen LogP contribution in [-0.2, 0) is 10.1 Å². The van der Waals surface area contributed by atoms with Crippen molar-refractivity contribution in [3.05, 3.63) is 35.9 Å². The molecule has 5 nitrogen and oxygen atoms in total. The Balaban J connectivity index is 0.000000821. The van der Waals surface area contributed by atoms with E-state index in [0.29, 0.717) is 12.5 Å². The van der Waals surface area contributed by atoms with E-state index in [1.165, 1.54) is 31.2 Å². The molecule has 6 heteroatoms. The number of benzene rings is 1. The summed E-state index contributed by atoms with van der Waals surface area (Å²) < 4.78 is 27.6. The fourth-order valence-electron chi connectivity index (χ4n) is 2.94. The maximum absolute atomic E-state index is 10.3. The monoisotopic (exact) mass is 401 g/mol. The SMILES string of the molecule is CCCCCCCC(O)CC(c1ccccc1)N(C)C.CCCS(=O)(=O)O. The Labute approximate surface area is 166 Å². The summed E-state index contributed by atoms with van der Waals surface area (Å²) in [5.41, 5.74) is 1.29. The van der Waals surface area contributed by atoms with Gasteiger partial charge in [0, 0.05) is 6.04 Å². The molecule has 0 bridgehead atoms. The number of hydrogen-bond donors (Lipinski definition) is 2. The average molecular weight is 402 g/mol. The van der Waals surface area contributed by atoms with Gasteiger partial charge in [-0.3, -0.25) is 4.55 Å². The van der Waals surface area contributed by atoms with E-state index in [9.17, 15) is 13.5 Å². The van der Waals surface area contributed by atoms with Gasteiger partial charge in [0.25, 0.3) is 10.1 Å². The van der Waals surface area contributed by atoms with Crippen molar-refractivity contribution in [1.29, 1.82) is 0 Å². The Morgan fingerprint density at radius 3 is 2.00 bits per heavy atom. The quantitative estimate of drug-likeness (QED) is 0.392. The van der Waals surface area contributed by atoms with Gasteiger partial charge in [-0.05, 0) is 38.9 Å². The summed E-state index contributed by atoms with van der Waals surface area (Å²) in [5, 5.41) is 10.3. The van der Waals surface area contributed by atoms with E-state index in [2.05, 4.69) is 50.2 Å². The topological polar surface area (TPSA) is 77.8 Å². The highest BCUT2D eigenvalue weighted by molar-refractivity contribution is 7.85. The third-order valence-electron chi connectivity index (χ3n) is 4.41. The molecule has 2 unspecified atom stereocenters. The van der Waals surface area contributed by atoms with Gasteiger partial charge >= 0.3 is 0 Å². The summed E-state index contributed by atoms with van der Waals surface area (Å²) in [7, 11) is 0.504. The van der Waals surface area contributed by atoms with Crippen LogP contribution in [0.3, 0.4) is 0 Å². The maximum Gasteiger partial charge on any atom is 0.264 e. The first kappa shape index (κ1) is 26.1. The number of aliphatic hydroxyl groups is 1. The standard InChI is InChI=1S/C18H31NO.C3H8O3S/c1-4-5-6-7-11-14-17(20)15-18(19(2)3)16-12-9-8-10-13-16;1-2-3-7(4,5)6/h8-10,12-13,17-18,20H,4-7,11,14-15H2,1-3H3;2-3H2,1H3,(H,4,5,6). The van der Waals surface area contributed by atoms with E-state index >= 15 is 0 Å². The lowest BCUT2D eigenvalue weighted by Gasteiger charge is -2.27. The minimum absolute atomic E-state index is 0.132. The Bertz CT molecular complexity index is 561. The molecule has 0 radical (unpaired) electrons. The van der Waals surface area contributed by atoms with Gasteiger partial charge in [-0.2, -0.15) is 8.42 Å². The van der Waals surface area contributed by atoms with Crippen LogP contribution < -0.4 is 0 Å². The molecule has 0 amide bonds. The number of rotatable bonds is 12. The van der Waals surface area contributed by atoms with Gasteiger partial charge in [-0.1, -0.05) is 76.3 Å². The third-order valence-corrected chi connectivity index (χ3v) is 5.33.